The molecule has 1 unspecified atom stereocenters. The van der Waals surface area contributed by atoms with Gasteiger partial charge in [0.1, 0.15) is 6.04 Å². The van der Waals surface area contributed by atoms with Crippen molar-refractivity contribution in [2.24, 2.45) is 11.8 Å². The molecule has 0 spiro atoms. The number of carbonyl (C=O) groups is 3. The van der Waals surface area contributed by atoms with Crippen molar-refractivity contribution in [2.45, 2.75) is 52.5 Å². The lowest BCUT2D eigenvalue weighted by Crippen LogP contribution is -2.46. The smallest absolute Gasteiger partial charge is 0.326 e. The summed E-state index contributed by atoms with van der Waals surface area (Å²) < 4.78 is 0. The molecule has 0 radical (unpaired) electrons. The minimum Gasteiger partial charge on any atom is -0.480 e. The summed E-state index contributed by atoms with van der Waals surface area (Å²) in [5, 5.41) is 21.3. The highest BCUT2D eigenvalue weighted by Crippen LogP contribution is 2.12. The Morgan fingerprint density at radius 3 is 2.38 bits per heavy atom. The van der Waals surface area contributed by atoms with Gasteiger partial charge in [0.2, 0.25) is 12.3 Å². The Bertz CT molecular complexity index is 346. The molecule has 122 valence electrons. The molecule has 0 aliphatic heterocycles. The van der Waals surface area contributed by atoms with Crippen LogP contribution in [0.2, 0.25) is 0 Å². The van der Waals surface area contributed by atoms with Crippen LogP contribution in [-0.2, 0) is 14.4 Å². The van der Waals surface area contributed by atoms with Crippen LogP contribution in [0.4, 0.5) is 0 Å². The van der Waals surface area contributed by atoms with Gasteiger partial charge in [-0.15, -0.1) is 0 Å². The molecule has 2 amide bonds. The zero-order valence-electron chi connectivity index (χ0n) is 12.9. The summed E-state index contributed by atoms with van der Waals surface area (Å²) in [6.07, 6.45) is 2.67. The molecule has 0 aromatic carbocycles. The van der Waals surface area contributed by atoms with Gasteiger partial charge in [0.05, 0.1) is 12.5 Å². The standard InChI is InChI=1S/C14H26N2O5/c1-4-5-6-11(8-16(21)9-17)13(18)15-12(14(19)20)7-10(2)3/h9-12,21H,4-8H2,1-3H3,(H,15,18)(H,19,20)/t11?,12-/m0/s1. The quantitative estimate of drug-likeness (QED) is 0.302. The van der Waals surface area contributed by atoms with Crippen LogP contribution < -0.4 is 5.32 Å². The molecule has 3 N–H and O–H groups in total. The van der Waals surface area contributed by atoms with Gasteiger partial charge in [-0.3, -0.25) is 14.8 Å². The number of aliphatic carboxylic acids is 1. The van der Waals surface area contributed by atoms with Gasteiger partial charge in [-0.05, 0) is 18.8 Å². The predicted octanol–water partition coefficient (Wildman–Crippen LogP) is 1.26. The predicted molar refractivity (Wildman–Crippen MR) is 76.6 cm³/mol. The number of carbonyl (C=O) groups excluding carboxylic acids is 2. The first kappa shape index (κ1) is 19.4. The Balaban J connectivity index is 4.74. The maximum atomic E-state index is 12.2. The van der Waals surface area contributed by atoms with Crippen molar-refractivity contribution in [1.82, 2.24) is 10.4 Å². The lowest BCUT2D eigenvalue weighted by molar-refractivity contribution is -0.155. The molecule has 0 aromatic heterocycles. The van der Waals surface area contributed by atoms with Gasteiger partial charge in [0, 0.05) is 0 Å². The van der Waals surface area contributed by atoms with E-state index >= 15 is 0 Å². The largest absolute Gasteiger partial charge is 0.480 e. The molecule has 7 nitrogen and oxygen atoms in total. The Labute approximate surface area is 125 Å². The minimum absolute atomic E-state index is 0.129. The normalized spacial score (nSPS) is 13.6. The fourth-order valence-corrected chi connectivity index (χ4v) is 2.01. The van der Waals surface area contributed by atoms with Crippen molar-refractivity contribution >= 4 is 18.3 Å². The summed E-state index contributed by atoms with van der Waals surface area (Å²) in [5.74, 6) is -2.01. The number of carboxylic acids is 1. The van der Waals surface area contributed by atoms with Crippen LogP contribution >= 0.6 is 0 Å². The third kappa shape index (κ3) is 8.29. The lowest BCUT2D eigenvalue weighted by Gasteiger charge is -2.22. The van der Waals surface area contributed by atoms with Gasteiger partial charge >= 0.3 is 5.97 Å². The highest BCUT2D eigenvalue weighted by Gasteiger charge is 2.26. The first-order valence-corrected chi connectivity index (χ1v) is 7.25. The molecule has 2 atom stereocenters. The molecular weight excluding hydrogens is 276 g/mol. The van der Waals surface area contributed by atoms with Gasteiger partial charge < -0.3 is 10.4 Å². The number of amides is 2. The second-order valence-corrected chi connectivity index (χ2v) is 5.60. The van der Waals surface area contributed by atoms with E-state index in [1.165, 1.54) is 0 Å². The van der Waals surface area contributed by atoms with E-state index < -0.39 is 23.8 Å². The molecule has 7 heteroatoms. The average molecular weight is 302 g/mol. The number of hydrogen-bond acceptors (Lipinski definition) is 4. The second-order valence-electron chi connectivity index (χ2n) is 5.60. The Morgan fingerprint density at radius 1 is 1.33 bits per heavy atom. The number of carboxylic acid groups (broad SMARTS) is 1. The van der Waals surface area contributed by atoms with Crippen molar-refractivity contribution in [3.63, 3.8) is 0 Å². The minimum atomic E-state index is -1.08. The summed E-state index contributed by atoms with van der Waals surface area (Å²) >= 11 is 0. The number of nitrogens with zero attached hydrogens (tertiary/aromatic N) is 1. The lowest BCUT2D eigenvalue weighted by atomic mass is 9.99. The molecule has 0 saturated heterocycles. The van der Waals surface area contributed by atoms with Gasteiger partial charge in [-0.25, -0.2) is 9.86 Å². The number of rotatable bonds is 11. The Hall–Kier alpha value is -1.63. The Kier molecular flexibility index (Phi) is 9.36. The molecule has 0 rings (SSSR count). The zero-order chi connectivity index (χ0) is 16.4. The van der Waals surface area contributed by atoms with Gasteiger partial charge in [0.25, 0.3) is 0 Å². The summed E-state index contributed by atoms with van der Waals surface area (Å²) in [4.78, 5) is 33.8. The van der Waals surface area contributed by atoms with Crippen LogP contribution in [0.5, 0.6) is 0 Å². The van der Waals surface area contributed by atoms with Crippen molar-refractivity contribution in [2.75, 3.05) is 6.54 Å². The van der Waals surface area contributed by atoms with E-state index in [9.17, 15) is 19.6 Å². The zero-order valence-corrected chi connectivity index (χ0v) is 12.9. The SMILES string of the molecule is CCCCC(CN(O)C=O)C(=O)N[C@@H](CC(C)C)C(=O)O. The number of hydroxylamine groups is 2. The summed E-state index contributed by atoms with van der Waals surface area (Å²) in [5.41, 5.74) is 0. The Morgan fingerprint density at radius 2 is 1.95 bits per heavy atom. The van der Waals surface area contributed by atoms with Gasteiger partial charge in [-0.1, -0.05) is 33.6 Å². The van der Waals surface area contributed by atoms with Crippen LogP contribution in [0.15, 0.2) is 0 Å². The highest BCUT2D eigenvalue weighted by atomic mass is 16.5. The fourth-order valence-electron chi connectivity index (χ4n) is 2.01. The molecule has 0 heterocycles. The highest BCUT2D eigenvalue weighted by molar-refractivity contribution is 5.85. The number of nitrogens with one attached hydrogen (secondary N) is 1. The van der Waals surface area contributed by atoms with E-state index in [2.05, 4.69) is 5.32 Å². The van der Waals surface area contributed by atoms with Crippen molar-refractivity contribution in [3.8, 4) is 0 Å². The monoisotopic (exact) mass is 302 g/mol. The van der Waals surface area contributed by atoms with Crippen LogP contribution in [0.3, 0.4) is 0 Å². The summed E-state index contributed by atoms with van der Waals surface area (Å²) in [6, 6.07) is -0.954. The molecule has 0 saturated carbocycles. The van der Waals surface area contributed by atoms with Crippen molar-refractivity contribution < 1.29 is 24.7 Å². The van der Waals surface area contributed by atoms with E-state index in [0.717, 1.165) is 12.8 Å². The molecule has 0 aliphatic carbocycles. The van der Waals surface area contributed by atoms with Crippen LogP contribution in [0, 0.1) is 11.8 Å². The maximum Gasteiger partial charge on any atom is 0.326 e. The first-order valence-electron chi connectivity index (χ1n) is 7.25. The molecule has 0 fully saturated rings. The average Bonchev–Trinajstić information content (AvgIpc) is 2.41. The topological polar surface area (TPSA) is 107 Å². The van der Waals surface area contributed by atoms with E-state index in [0.29, 0.717) is 17.9 Å². The molecular formula is C14H26N2O5. The second kappa shape index (κ2) is 10.1. The summed E-state index contributed by atoms with van der Waals surface area (Å²) in [6.45, 7) is 5.57. The molecule has 0 bridgehead atoms. The van der Waals surface area contributed by atoms with Gasteiger partial charge in [0.15, 0.2) is 0 Å². The third-order valence-electron chi connectivity index (χ3n) is 3.13. The van der Waals surface area contributed by atoms with Crippen LogP contribution in [0.25, 0.3) is 0 Å². The van der Waals surface area contributed by atoms with Crippen molar-refractivity contribution in [1.29, 1.82) is 0 Å². The van der Waals surface area contributed by atoms with E-state index in [1.807, 2.05) is 20.8 Å². The molecule has 0 aromatic rings. The number of hydrogen-bond donors (Lipinski definition) is 3. The van der Waals surface area contributed by atoms with Crippen molar-refractivity contribution in [3.05, 3.63) is 0 Å². The van der Waals surface area contributed by atoms with E-state index in [1.54, 1.807) is 0 Å². The summed E-state index contributed by atoms with van der Waals surface area (Å²) in [7, 11) is 0. The van der Waals surface area contributed by atoms with E-state index in [-0.39, 0.29) is 18.9 Å². The maximum absolute atomic E-state index is 12.2. The molecule has 0 aliphatic rings. The van der Waals surface area contributed by atoms with Gasteiger partial charge in [-0.2, -0.15) is 0 Å². The van der Waals surface area contributed by atoms with Crippen LogP contribution in [0.1, 0.15) is 46.5 Å². The fraction of sp³-hybridized carbons (Fsp3) is 0.786. The van der Waals surface area contributed by atoms with Crippen LogP contribution in [-0.4, -0.2) is 46.3 Å². The first-order chi connectivity index (χ1) is 9.81. The third-order valence-corrected chi connectivity index (χ3v) is 3.13. The molecule has 21 heavy (non-hydrogen) atoms. The number of unbranched alkanes of at least 4 members (excludes halogenated alkanes) is 1. The van der Waals surface area contributed by atoms with E-state index in [4.69, 9.17) is 5.11 Å².